The van der Waals surface area contributed by atoms with Crippen LogP contribution in [-0.2, 0) is 9.59 Å². The van der Waals surface area contributed by atoms with Crippen molar-refractivity contribution in [2.45, 2.75) is 12.1 Å². The Balaban J connectivity index is 1.47. The second-order valence-electron chi connectivity index (χ2n) is 7.79. The van der Waals surface area contributed by atoms with Crippen molar-refractivity contribution in [1.29, 1.82) is 0 Å². The van der Waals surface area contributed by atoms with E-state index in [1.165, 1.54) is 18.0 Å². The van der Waals surface area contributed by atoms with Crippen molar-refractivity contribution >= 4 is 41.5 Å². The van der Waals surface area contributed by atoms with Gasteiger partial charge in [0, 0.05) is 21.8 Å². The summed E-state index contributed by atoms with van der Waals surface area (Å²) in [5.74, 6) is -0.428. The molecule has 9 nitrogen and oxygen atoms in total. The number of carbonyl (C=O) groups excluding carboxylic acids is 1. The second-order valence-corrected chi connectivity index (χ2v) is 9.17. The van der Waals surface area contributed by atoms with Gasteiger partial charge in [0.25, 0.3) is 5.91 Å². The number of carboxylic acids is 1. The number of hydrogen-bond acceptors (Lipinski definition) is 7. The van der Waals surface area contributed by atoms with Crippen molar-refractivity contribution in [2.24, 2.45) is 5.10 Å². The fraction of sp³-hybridized carbons (Fsp3) is 0.115. The highest BCUT2D eigenvalue weighted by atomic mass is 35.5. The predicted molar refractivity (Wildman–Crippen MR) is 143 cm³/mol. The van der Waals surface area contributed by atoms with Gasteiger partial charge in [-0.1, -0.05) is 53.2 Å². The molecule has 0 spiro atoms. The van der Waals surface area contributed by atoms with Crippen LogP contribution in [0.25, 0.3) is 17.1 Å². The van der Waals surface area contributed by atoms with Gasteiger partial charge in [0.15, 0.2) is 17.6 Å². The van der Waals surface area contributed by atoms with E-state index in [-0.39, 0.29) is 11.7 Å². The van der Waals surface area contributed by atoms with Gasteiger partial charge in [-0.2, -0.15) is 5.10 Å². The van der Waals surface area contributed by atoms with Crippen LogP contribution in [0, 0.1) is 6.92 Å². The van der Waals surface area contributed by atoms with Crippen molar-refractivity contribution in [3.63, 3.8) is 0 Å². The molecule has 0 bridgehead atoms. The molecule has 1 heterocycles. The highest BCUT2D eigenvalue weighted by Gasteiger charge is 2.17. The van der Waals surface area contributed by atoms with Crippen LogP contribution in [0.3, 0.4) is 0 Å². The topological polar surface area (TPSA) is 119 Å². The van der Waals surface area contributed by atoms with E-state index in [1.807, 2.05) is 47.9 Å². The Morgan fingerprint density at radius 2 is 1.81 bits per heavy atom. The lowest BCUT2D eigenvalue weighted by Crippen LogP contribution is -2.20. The number of aliphatic carboxylic acids is 1. The number of thioether (sulfide) groups is 1. The summed E-state index contributed by atoms with van der Waals surface area (Å²) in [6, 6.07) is 22.0. The molecule has 1 amide bonds. The highest BCUT2D eigenvalue weighted by molar-refractivity contribution is 7.99. The number of amides is 1. The zero-order valence-electron chi connectivity index (χ0n) is 19.7. The lowest BCUT2D eigenvalue weighted by Gasteiger charge is -2.11. The molecule has 4 aromatic rings. The fourth-order valence-electron chi connectivity index (χ4n) is 3.27. The number of halogens is 1. The third-order valence-corrected chi connectivity index (χ3v) is 6.20. The number of nitrogens with zero attached hydrogens (tertiary/aromatic N) is 4. The van der Waals surface area contributed by atoms with Crippen LogP contribution in [0.2, 0.25) is 5.02 Å². The fourth-order valence-corrected chi connectivity index (χ4v) is 4.14. The van der Waals surface area contributed by atoms with Crippen molar-refractivity contribution in [1.82, 2.24) is 20.2 Å². The van der Waals surface area contributed by atoms with Gasteiger partial charge in [-0.05, 0) is 55.5 Å². The van der Waals surface area contributed by atoms with Crippen molar-refractivity contribution in [3.05, 3.63) is 88.9 Å². The molecule has 2 N–H and O–H groups in total. The van der Waals surface area contributed by atoms with Crippen LogP contribution in [0.1, 0.15) is 11.1 Å². The summed E-state index contributed by atoms with van der Waals surface area (Å²) in [4.78, 5) is 23.3. The lowest BCUT2D eigenvalue weighted by atomic mass is 10.2. The molecule has 0 radical (unpaired) electrons. The van der Waals surface area contributed by atoms with E-state index in [0.29, 0.717) is 27.3 Å². The molecule has 4 rings (SSSR count). The zero-order chi connectivity index (χ0) is 26.2. The number of benzene rings is 3. The van der Waals surface area contributed by atoms with Gasteiger partial charge in [-0.3, -0.25) is 9.36 Å². The lowest BCUT2D eigenvalue weighted by molar-refractivity contribution is -0.139. The molecule has 0 aliphatic heterocycles. The normalized spacial score (nSPS) is 11.0. The highest BCUT2D eigenvalue weighted by Crippen LogP contribution is 2.29. The van der Waals surface area contributed by atoms with E-state index >= 15 is 0 Å². The average Bonchev–Trinajstić information content (AvgIpc) is 3.31. The predicted octanol–water partition coefficient (Wildman–Crippen LogP) is 4.60. The standard InChI is InChI=1S/C26H22ClN5O4S/c1-17-6-12-21(13-7-17)32-25(18-8-10-20(27)11-9-18)30-31-26(32)37-16-23(33)29-28-14-19-4-2-3-5-22(19)36-15-24(34)35/h2-14H,15-16H2,1H3,(H,29,33)(H,34,35)/b28-14-. The van der Waals surface area contributed by atoms with Gasteiger partial charge in [0.1, 0.15) is 5.75 Å². The van der Waals surface area contributed by atoms with Crippen molar-refractivity contribution in [2.75, 3.05) is 12.4 Å². The summed E-state index contributed by atoms with van der Waals surface area (Å²) < 4.78 is 7.13. The van der Waals surface area contributed by atoms with Crippen LogP contribution in [0.4, 0.5) is 0 Å². The van der Waals surface area contributed by atoms with Crippen LogP contribution in [0.5, 0.6) is 5.75 Å². The second kappa shape index (κ2) is 12.2. The van der Waals surface area contributed by atoms with Gasteiger partial charge in [0.05, 0.1) is 12.0 Å². The number of ether oxygens (including phenoxy) is 1. The Bertz CT molecular complexity index is 1420. The Morgan fingerprint density at radius 1 is 1.08 bits per heavy atom. The van der Waals surface area contributed by atoms with Gasteiger partial charge < -0.3 is 9.84 Å². The maximum absolute atomic E-state index is 12.5. The number of rotatable bonds is 10. The number of hydrazone groups is 1. The summed E-state index contributed by atoms with van der Waals surface area (Å²) in [5.41, 5.74) is 5.81. The summed E-state index contributed by atoms with van der Waals surface area (Å²) >= 11 is 7.27. The van der Waals surface area contributed by atoms with E-state index < -0.39 is 12.6 Å². The molecule has 0 aliphatic rings. The SMILES string of the molecule is Cc1ccc(-n2c(SCC(=O)N/N=C\c3ccccc3OCC(=O)O)nnc2-c2ccc(Cl)cc2)cc1. The van der Waals surface area contributed by atoms with E-state index in [4.69, 9.17) is 21.4 Å². The first kappa shape index (κ1) is 25.9. The number of hydrogen-bond donors (Lipinski definition) is 2. The number of para-hydroxylation sites is 1. The molecular formula is C26H22ClN5O4S. The molecule has 0 saturated carbocycles. The zero-order valence-corrected chi connectivity index (χ0v) is 21.2. The molecule has 0 saturated heterocycles. The maximum Gasteiger partial charge on any atom is 0.341 e. The quantitative estimate of drug-likeness (QED) is 0.173. The monoisotopic (exact) mass is 535 g/mol. The summed E-state index contributed by atoms with van der Waals surface area (Å²) in [5, 5.41) is 22.6. The van der Waals surface area contributed by atoms with E-state index in [0.717, 1.165) is 16.8 Å². The molecule has 37 heavy (non-hydrogen) atoms. The van der Waals surface area contributed by atoms with Gasteiger partial charge in [-0.25, -0.2) is 10.2 Å². The molecule has 0 fully saturated rings. The molecule has 0 unspecified atom stereocenters. The molecule has 0 atom stereocenters. The Morgan fingerprint density at radius 3 is 2.54 bits per heavy atom. The molecule has 3 aromatic carbocycles. The molecule has 0 aliphatic carbocycles. The van der Waals surface area contributed by atoms with E-state index in [2.05, 4.69) is 20.7 Å². The largest absolute Gasteiger partial charge is 0.481 e. The van der Waals surface area contributed by atoms with Gasteiger partial charge in [0.2, 0.25) is 0 Å². The first-order chi connectivity index (χ1) is 17.9. The van der Waals surface area contributed by atoms with Crippen LogP contribution in [-0.4, -0.2) is 50.3 Å². The molecule has 11 heteroatoms. The minimum absolute atomic E-state index is 0.0408. The van der Waals surface area contributed by atoms with Crippen molar-refractivity contribution < 1.29 is 19.4 Å². The Labute approximate surface area is 222 Å². The molecule has 1 aromatic heterocycles. The number of carbonyl (C=O) groups is 2. The summed E-state index contributed by atoms with van der Waals surface area (Å²) in [7, 11) is 0. The van der Waals surface area contributed by atoms with Gasteiger partial charge >= 0.3 is 5.97 Å². The summed E-state index contributed by atoms with van der Waals surface area (Å²) in [6.07, 6.45) is 1.40. The van der Waals surface area contributed by atoms with Gasteiger partial charge in [-0.15, -0.1) is 10.2 Å². The minimum atomic E-state index is -1.09. The smallest absolute Gasteiger partial charge is 0.341 e. The molecule has 188 valence electrons. The number of aryl methyl sites for hydroxylation is 1. The third kappa shape index (κ3) is 6.96. The average molecular weight is 536 g/mol. The molecular weight excluding hydrogens is 514 g/mol. The minimum Gasteiger partial charge on any atom is -0.481 e. The summed E-state index contributed by atoms with van der Waals surface area (Å²) in [6.45, 7) is 1.53. The third-order valence-electron chi connectivity index (χ3n) is 5.02. The van der Waals surface area contributed by atoms with Crippen LogP contribution >= 0.6 is 23.4 Å². The number of nitrogens with one attached hydrogen (secondary N) is 1. The van der Waals surface area contributed by atoms with Crippen LogP contribution < -0.4 is 10.2 Å². The van der Waals surface area contributed by atoms with E-state index in [9.17, 15) is 9.59 Å². The van der Waals surface area contributed by atoms with E-state index in [1.54, 1.807) is 36.4 Å². The maximum atomic E-state index is 12.5. The van der Waals surface area contributed by atoms with Crippen molar-refractivity contribution in [3.8, 4) is 22.8 Å². The van der Waals surface area contributed by atoms with Crippen LogP contribution in [0.15, 0.2) is 83.1 Å². The number of aromatic nitrogens is 3. The first-order valence-electron chi connectivity index (χ1n) is 11.1. The Kier molecular flexibility index (Phi) is 8.55. The Hall–Kier alpha value is -4.15. The first-order valence-corrected chi connectivity index (χ1v) is 12.4. The number of carboxylic acid groups (broad SMARTS) is 1.